The van der Waals surface area contributed by atoms with E-state index in [1.54, 1.807) is 18.1 Å². The van der Waals surface area contributed by atoms with Gasteiger partial charge in [-0.3, -0.25) is 9.59 Å². The molecule has 29 heavy (non-hydrogen) atoms. The average Bonchev–Trinajstić information content (AvgIpc) is 3.11. The zero-order chi connectivity index (χ0) is 20.2. The number of hydrogen-bond acceptors (Lipinski definition) is 3. The van der Waals surface area contributed by atoms with Crippen LogP contribution in [0, 0.1) is 0 Å². The maximum atomic E-state index is 13.1. The van der Waals surface area contributed by atoms with Crippen molar-refractivity contribution in [3.8, 4) is 5.75 Å². The van der Waals surface area contributed by atoms with Crippen LogP contribution in [0.2, 0.25) is 0 Å². The lowest BCUT2D eigenvalue weighted by atomic mass is 9.97. The summed E-state index contributed by atoms with van der Waals surface area (Å²) < 4.78 is 5.19. The number of methoxy groups -OCH3 is 1. The largest absolute Gasteiger partial charge is 0.497 e. The van der Waals surface area contributed by atoms with Crippen molar-refractivity contribution < 1.29 is 14.3 Å². The van der Waals surface area contributed by atoms with Gasteiger partial charge in [0.1, 0.15) is 5.75 Å². The van der Waals surface area contributed by atoms with E-state index in [-0.39, 0.29) is 11.8 Å². The third-order valence-electron chi connectivity index (χ3n) is 5.68. The molecule has 2 aromatic carbocycles. The lowest BCUT2D eigenvalue weighted by molar-refractivity contribution is 0.0937. The van der Waals surface area contributed by atoms with E-state index < -0.39 is 0 Å². The van der Waals surface area contributed by atoms with Crippen LogP contribution >= 0.6 is 0 Å². The number of amides is 2. The molecule has 150 valence electrons. The van der Waals surface area contributed by atoms with E-state index in [1.165, 1.54) is 18.4 Å². The fourth-order valence-electron chi connectivity index (χ4n) is 4.09. The molecule has 2 amide bonds. The van der Waals surface area contributed by atoms with Crippen molar-refractivity contribution >= 4 is 17.5 Å². The summed E-state index contributed by atoms with van der Waals surface area (Å²) in [6.45, 7) is 1.07. The van der Waals surface area contributed by atoms with E-state index in [9.17, 15) is 9.59 Å². The molecule has 0 radical (unpaired) electrons. The lowest BCUT2D eigenvalue weighted by Gasteiger charge is -2.16. The lowest BCUT2D eigenvalue weighted by Crippen LogP contribution is -2.28. The van der Waals surface area contributed by atoms with E-state index in [0.717, 1.165) is 36.3 Å². The third kappa shape index (κ3) is 4.04. The van der Waals surface area contributed by atoms with E-state index in [4.69, 9.17) is 4.74 Å². The van der Waals surface area contributed by atoms with Crippen LogP contribution in [0.1, 0.15) is 58.4 Å². The minimum absolute atomic E-state index is 0.133. The van der Waals surface area contributed by atoms with Crippen LogP contribution < -0.4 is 15.0 Å². The summed E-state index contributed by atoms with van der Waals surface area (Å²) in [5.74, 6) is 0.431. The van der Waals surface area contributed by atoms with Gasteiger partial charge in [0.2, 0.25) is 0 Å². The number of carbonyl (C=O) groups is 2. The SMILES string of the molecule is COc1ccc(N2Cc3cccc(C(=O)NCCC4=CCCCC4)c3C2=O)cc1. The molecule has 5 heteroatoms. The number of hydrogen-bond donors (Lipinski definition) is 1. The zero-order valence-corrected chi connectivity index (χ0v) is 16.7. The fraction of sp³-hybridized carbons (Fsp3) is 0.333. The van der Waals surface area contributed by atoms with Crippen molar-refractivity contribution in [3.05, 3.63) is 70.8 Å². The van der Waals surface area contributed by atoms with Crippen LogP contribution in [0.4, 0.5) is 5.69 Å². The first-order valence-electron chi connectivity index (χ1n) is 10.2. The number of carbonyl (C=O) groups excluding carboxylic acids is 2. The Balaban J connectivity index is 1.47. The first-order chi connectivity index (χ1) is 14.2. The molecule has 1 aliphatic heterocycles. The molecule has 2 aliphatic rings. The van der Waals surface area contributed by atoms with Crippen LogP contribution in [0.25, 0.3) is 0 Å². The standard InChI is InChI=1S/C24H26N2O3/c1-29-20-12-10-19(11-13-20)26-16-18-8-5-9-21(22(18)24(26)28)23(27)25-15-14-17-6-3-2-4-7-17/h5-6,8-13H,2-4,7,14-16H2,1H3,(H,25,27). The monoisotopic (exact) mass is 390 g/mol. The first-order valence-corrected chi connectivity index (χ1v) is 10.2. The molecule has 1 N–H and O–H groups in total. The molecule has 0 fully saturated rings. The summed E-state index contributed by atoms with van der Waals surface area (Å²) in [7, 11) is 1.61. The molecule has 1 heterocycles. The van der Waals surface area contributed by atoms with Gasteiger partial charge in [0.15, 0.2) is 0 Å². The van der Waals surface area contributed by atoms with Crippen LogP contribution in [0.3, 0.4) is 0 Å². The van der Waals surface area contributed by atoms with Gasteiger partial charge in [-0.15, -0.1) is 0 Å². The van der Waals surface area contributed by atoms with Crippen molar-refractivity contribution in [2.24, 2.45) is 0 Å². The van der Waals surface area contributed by atoms with Gasteiger partial charge in [-0.1, -0.05) is 23.8 Å². The molecular weight excluding hydrogens is 364 g/mol. The summed E-state index contributed by atoms with van der Waals surface area (Å²) in [6, 6.07) is 12.9. The van der Waals surface area contributed by atoms with E-state index in [1.807, 2.05) is 36.4 Å². The van der Waals surface area contributed by atoms with Gasteiger partial charge < -0.3 is 15.0 Å². The van der Waals surface area contributed by atoms with Crippen LogP contribution in [-0.4, -0.2) is 25.5 Å². The first kappa shape index (κ1) is 19.2. The zero-order valence-electron chi connectivity index (χ0n) is 16.7. The molecule has 0 spiro atoms. The van der Waals surface area contributed by atoms with Crippen molar-refractivity contribution in [1.82, 2.24) is 5.32 Å². The number of nitrogens with one attached hydrogen (secondary N) is 1. The molecule has 1 aliphatic carbocycles. The summed E-state index contributed by atoms with van der Waals surface area (Å²) in [5.41, 5.74) is 4.08. The number of nitrogens with zero attached hydrogens (tertiary/aromatic N) is 1. The Hall–Kier alpha value is -3.08. The highest BCUT2D eigenvalue weighted by atomic mass is 16.5. The second kappa shape index (κ2) is 8.52. The Morgan fingerprint density at radius 3 is 2.69 bits per heavy atom. The van der Waals surface area contributed by atoms with Crippen molar-refractivity contribution in [1.29, 1.82) is 0 Å². The average molecular weight is 390 g/mol. The number of benzene rings is 2. The van der Waals surface area contributed by atoms with Gasteiger partial charge in [-0.05, 0) is 68.0 Å². The van der Waals surface area contributed by atoms with Gasteiger partial charge in [-0.2, -0.15) is 0 Å². The van der Waals surface area contributed by atoms with Gasteiger partial charge in [-0.25, -0.2) is 0 Å². The molecular formula is C24H26N2O3. The van der Waals surface area contributed by atoms with E-state index >= 15 is 0 Å². The number of ether oxygens (including phenoxy) is 1. The van der Waals surface area contributed by atoms with Crippen LogP contribution in [-0.2, 0) is 6.54 Å². The van der Waals surface area contributed by atoms with Crippen LogP contribution in [0.5, 0.6) is 5.75 Å². The number of fused-ring (bicyclic) bond motifs is 1. The predicted molar refractivity (Wildman–Crippen MR) is 113 cm³/mol. The molecule has 0 saturated heterocycles. The predicted octanol–water partition coefficient (Wildman–Crippen LogP) is 4.48. The van der Waals surface area contributed by atoms with Gasteiger partial charge in [0.05, 0.1) is 24.8 Å². The normalized spacial score (nSPS) is 15.7. The van der Waals surface area contributed by atoms with Gasteiger partial charge in [0, 0.05) is 12.2 Å². The molecule has 0 atom stereocenters. The minimum atomic E-state index is -0.178. The Kier molecular flexibility index (Phi) is 5.65. The smallest absolute Gasteiger partial charge is 0.259 e. The quantitative estimate of drug-likeness (QED) is 0.740. The highest BCUT2D eigenvalue weighted by Crippen LogP contribution is 2.31. The number of rotatable bonds is 6. The summed E-state index contributed by atoms with van der Waals surface area (Å²) in [4.78, 5) is 27.6. The highest BCUT2D eigenvalue weighted by molar-refractivity contribution is 6.16. The maximum Gasteiger partial charge on any atom is 0.259 e. The summed E-state index contributed by atoms with van der Waals surface area (Å²) in [5, 5.41) is 3.00. The maximum absolute atomic E-state index is 13.1. The molecule has 0 aromatic heterocycles. The van der Waals surface area contributed by atoms with Crippen LogP contribution in [0.15, 0.2) is 54.1 Å². The Morgan fingerprint density at radius 1 is 1.14 bits per heavy atom. The molecule has 0 saturated carbocycles. The minimum Gasteiger partial charge on any atom is -0.497 e. The molecule has 0 unspecified atom stereocenters. The van der Waals surface area contributed by atoms with Gasteiger partial charge >= 0.3 is 0 Å². The molecule has 2 aromatic rings. The van der Waals surface area contributed by atoms with Crippen molar-refractivity contribution in [2.45, 2.75) is 38.6 Å². The number of allylic oxidation sites excluding steroid dienone is 1. The Labute approximate surface area is 171 Å². The van der Waals surface area contributed by atoms with Crippen molar-refractivity contribution in [2.75, 3.05) is 18.6 Å². The Bertz CT molecular complexity index is 947. The summed E-state index contributed by atoms with van der Waals surface area (Å²) in [6.07, 6.45) is 7.95. The molecule has 5 nitrogen and oxygen atoms in total. The molecule has 4 rings (SSSR count). The fourth-order valence-corrected chi connectivity index (χ4v) is 4.09. The third-order valence-corrected chi connectivity index (χ3v) is 5.68. The van der Waals surface area contributed by atoms with E-state index in [0.29, 0.717) is 24.2 Å². The topological polar surface area (TPSA) is 58.6 Å². The highest BCUT2D eigenvalue weighted by Gasteiger charge is 2.32. The van der Waals surface area contributed by atoms with Crippen molar-refractivity contribution in [3.63, 3.8) is 0 Å². The second-order valence-corrected chi connectivity index (χ2v) is 7.54. The summed E-state index contributed by atoms with van der Waals surface area (Å²) >= 11 is 0. The Morgan fingerprint density at radius 2 is 1.97 bits per heavy atom. The second-order valence-electron chi connectivity index (χ2n) is 7.54. The van der Waals surface area contributed by atoms with Gasteiger partial charge in [0.25, 0.3) is 11.8 Å². The van der Waals surface area contributed by atoms with E-state index in [2.05, 4.69) is 11.4 Å². The molecule has 0 bridgehead atoms. The number of anilines is 1.